The maximum atomic E-state index is 12.9. The van der Waals surface area contributed by atoms with Gasteiger partial charge in [0.05, 0.1) is 30.4 Å². The number of carbonyl (C=O) groups excluding carboxylic acids is 1. The molecule has 5 nitrogen and oxygen atoms in total. The zero-order valence-electron chi connectivity index (χ0n) is 19.1. The topological polar surface area (TPSA) is 42.0 Å². The summed E-state index contributed by atoms with van der Waals surface area (Å²) in [7, 11) is 1.66. The van der Waals surface area contributed by atoms with Crippen molar-refractivity contribution < 1.29 is 14.3 Å². The molecule has 1 fully saturated rings. The highest BCUT2D eigenvalue weighted by Gasteiger charge is 2.26. The monoisotopic (exact) mass is 498 g/mol. The molecule has 0 aromatic heterocycles. The standard InChI is InChI=1S/C27H28Cl2N2O3/c1-33-23-9-5-7-21(17-23)26(34-19-20-6-4-8-22(28)16-20)18-30-12-14-31(15-13-30)27(32)24-10-2-3-11-25(24)29/h2-11,16-17,26H,12-15,18-19H2,1H3/t26-/m0/s1. The van der Waals surface area contributed by atoms with Crippen molar-refractivity contribution in [3.63, 3.8) is 0 Å². The average molecular weight is 499 g/mol. The van der Waals surface area contributed by atoms with E-state index in [0.717, 1.165) is 30.0 Å². The van der Waals surface area contributed by atoms with Crippen molar-refractivity contribution in [2.75, 3.05) is 39.8 Å². The first-order valence-electron chi connectivity index (χ1n) is 11.3. The Balaban J connectivity index is 1.42. The second-order valence-electron chi connectivity index (χ2n) is 8.28. The van der Waals surface area contributed by atoms with Crippen molar-refractivity contribution in [3.05, 3.63) is 99.5 Å². The number of rotatable bonds is 8. The van der Waals surface area contributed by atoms with Crippen LogP contribution in [-0.4, -0.2) is 55.5 Å². The van der Waals surface area contributed by atoms with Crippen LogP contribution < -0.4 is 4.74 Å². The Morgan fingerprint density at radius 1 is 0.941 bits per heavy atom. The number of piperazine rings is 1. The van der Waals surface area contributed by atoms with Crippen LogP contribution in [0.4, 0.5) is 0 Å². The molecule has 1 atom stereocenters. The molecule has 0 aliphatic carbocycles. The molecule has 1 saturated heterocycles. The van der Waals surface area contributed by atoms with Crippen molar-refractivity contribution in [2.45, 2.75) is 12.7 Å². The second-order valence-corrected chi connectivity index (χ2v) is 9.12. The number of methoxy groups -OCH3 is 1. The number of hydrogen-bond acceptors (Lipinski definition) is 4. The summed E-state index contributed by atoms with van der Waals surface area (Å²) < 4.78 is 11.8. The summed E-state index contributed by atoms with van der Waals surface area (Å²) in [6, 6.07) is 22.9. The van der Waals surface area contributed by atoms with Crippen LogP contribution >= 0.6 is 23.2 Å². The maximum absolute atomic E-state index is 12.9. The molecule has 1 amide bonds. The lowest BCUT2D eigenvalue weighted by molar-refractivity contribution is 0.00334. The molecule has 0 radical (unpaired) electrons. The van der Waals surface area contributed by atoms with Gasteiger partial charge in [0.2, 0.25) is 0 Å². The predicted molar refractivity (Wildman–Crippen MR) is 136 cm³/mol. The smallest absolute Gasteiger partial charge is 0.255 e. The summed E-state index contributed by atoms with van der Waals surface area (Å²) >= 11 is 12.4. The third-order valence-electron chi connectivity index (χ3n) is 5.99. The van der Waals surface area contributed by atoms with Gasteiger partial charge >= 0.3 is 0 Å². The lowest BCUT2D eigenvalue weighted by Gasteiger charge is -2.36. The fourth-order valence-corrected chi connectivity index (χ4v) is 4.52. The molecule has 3 aromatic rings. The molecule has 7 heteroatoms. The van der Waals surface area contributed by atoms with Crippen LogP contribution in [0.15, 0.2) is 72.8 Å². The van der Waals surface area contributed by atoms with E-state index in [1.54, 1.807) is 19.2 Å². The first-order chi connectivity index (χ1) is 16.5. The highest BCUT2D eigenvalue weighted by Crippen LogP contribution is 2.26. The van der Waals surface area contributed by atoms with Crippen molar-refractivity contribution in [3.8, 4) is 5.75 Å². The Morgan fingerprint density at radius 2 is 1.71 bits per heavy atom. The fraction of sp³-hybridized carbons (Fsp3) is 0.296. The molecule has 1 aliphatic heterocycles. The molecular formula is C27H28Cl2N2O3. The minimum absolute atomic E-state index is 0.0215. The Hall–Kier alpha value is -2.57. The lowest BCUT2D eigenvalue weighted by atomic mass is 10.1. The minimum atomic E-state index is -0.153. The van der Waals surface area contributed by atoms with E-state index in [2.05, 4.69) is 11.0 Å². The van der Waals surface area contributed by atoms with Crippen LogP contribution in [0.5, 0.6) is 5.75 Å². The van der Waals surface area contributed by atoms with E-state index in [1.807, 2.05) is 59.5 Å². The third-order valence-corrected chi connectivity index (χ3v) is 6.56. The van der Waals surface area contributed by atoms with E-state index < -0.39 is 0 Å². The minimum Gasteiger partial charge on any atom is -0.497 e. The number of ether oxygens (including phenoxy) is 2. The first-order valence-corrected chi connectivity index (χ1v) is 12.1. The van der Waals surface area contributed by atoms with Crippen LogP contribution in [-0.2, 0) is 11.3 Å². The molecule has 1 aliphatic rings. The van der Waals surface area contributed by atoms with Gasteiger partial charge in [0.25, 0.3) is 5.91 Å². The number of carbonyl (C=O) groups is 1. The Labute approximate surface area is 210 Å². The quantitative estimate of drug-likeness (QED) is 0.398. The van der Waals surface area contributed by atoms with Gasteiger partial charge in [0.1, 0.15) is 5.75 Å². The first kappa shape index (κ1) is 24.6. The Kier molecular flexibility index (Phi) is 8.46. The van der Waals surface area contributed by atoms with E-state index in [0.29, 0.717) is 41.8 Å². The van der Waals surface area contributed by atoms with E-state index in [4.69, 9.17) is 32.7 Å². The van der Waals surface area contributed by atoms with Crippen LogP contribution in [0.25, 0.3) is 0 Å². The molecule has 3 aromatic carbocycles. The third kappa shape index (κ3) is 6.30. The van der Waals surface area contributed by atoms with Crippen molar-refractivity contribution in [1.29, 1.82) is 0 Å². The summed E-state index contributed by atoms with van der Waals surface area (Å²) in [5.74, 6) is 0.774. The van der Waals surface area contributed by atoms with Crippen molar-refractivity contribution in [1.82, 2.24) is 9.80 Å². The highest BCUT2D eigenvalue weighted by atomic mass is 35.5. The number of nitrogens with zero attached hydrogens (tertiary/aromatic N) is 2. The van der Waals surface area contributed by atoms with Crippen LogP contribution in [0.3, 0.4) is 0 Å². The average Bonchev–Trinajstić information content (AvgIpc) is 2.87. The van der Waals surface area contributed by atoms with Crippen molar-refractivity contribution >= 4 is 29.1 Å². The van der Waals surface area contributed by atoms with Crippen LogP contribution in [0, 0.1) is 0 Å². The van der Waals surface area contributed by atoms with Gasteiger partial charge in [-0.1, -0.05) is 59.6 Å². The van der Waals surface area contributed by atoms with E-state index in [9.17, 15) is 4.79 Å². The number of hydrogen-bond donors (Lipinski definition) is 0. The zero-order chi connectivity index (χ0) is 23.9. The number of amides is 1. The number of halogens is 2. The molecule has 0 spiro atoms. The normalized spacial score (nSPS) is 15.2. The summed E-state index contributed by atoms with van der Waals surface area (Å²) in [5.41, 5.74) is 2.63. The second kappa shape index (κ2) is 11.7. The van der Waals surface area contributed by atoms with E-state index in [-0.39, 0.29) is 12.0 Å². The van der Waals surface area contributed by atoms with Gasteiger partial charge in [-0.15, -0.1) is 0 Å². The van der Waals surface area contributed by atoms with Gasteiger partial charge in [0, 0.05) is 37.7 Å². The van der Waals surface area contributed by atoms with Gasteiger partial charge in [-0.3, -0.25) is 9.69 Å². The molecule has 34 heavy (non-hydrogen) atoms. The zero-order valence-corrected chi connectivity index (χ0v) is 20.6. The van der Waals surface area contributed by atoms with E-state index >= 15 is 0 Å². The summed E-state index contributed by atoms with van der Waals surface area (Å²) in [6.07, 6.45) is -0.153. The molecule has 0 bridgehead atoms. The number of benzene rings is 3. The van der Waals surface area contributed by atoms with Gasteiger partial charge in [-0.05, 0) is 47.5 Å². The van der Waals surface area contributed by atoms with Gasteiger partial charge in [-0.25, -0.2) is 0 Å². The SMILES string of the molecule is COc1cccc([C@H](CN2CCN(C(=O)c3ccccc3Cl)CC2)OCc2cccc(Cl)c2)c1. The van der Waals surface area contributed by atoms with E-state index in [1.165, 1.54) is 0 Å². The Bertz CT molecular complexity index is 1120. The van der Waals surface area contributed by atoms with Gasteiger partial charge < -0.3 is 14.4 Å². The molecule has 4 rings (SSSR count). The molecule has 0 unspecified atom stereocenters. The summed E-state index contributed by atoms with van der Waals surface area (Å²) in [4.78, 5) is 17.1. The summed E-state index contributed by atoms with van der Waals surface area (Å²) in [5, 5.41) is 1.18. The molecule has 0 saturated carbocycles. The molecule has 0 N–H and O–H groups in total. The van der Waals surface area contributed by atoms with Gasteiger partial charge in [0.15, 0.2) is 0 Å². The molecular weight excluding hydrogens is 471 g/mol. The molecule has 178 valence electrons. The molecule has 1 heterocycles. The summed E-state index contributed by atoms with van der Waals surface area (Å²) in [6.45, 7) is 3.97. The van der Waals surface area contributed by atoms with Crippen LogP contribution in [0.2, 0.25) is 10.0 Å². The largest absolute Gasteiger partial charge is 0.497 e. The lowest BCUT2D eigenvalue weighted by Crippen LogP contribution is -2.49. The highest BCUT2D eigenvalue weighted by molar-refractivity contribution is 6.33. The Morgan fingerprint density at radius 3 is 2.44 bits per heavy atom. The fourth-order valence-electron chi connectivity index (χ4n) is 4.09. The van der Waals surface area contributed by atoms with Crippen molar-refractivity contribution in [2.24, 2.45) is 0 Å². The van der Waals surface area contributed by atoms with Crippen LogP contribution in [0.1, 0.15) is 27.6 Å². The predicted octanol–water partition coefficient (Wildman–Crippen LogP) is 5.72. The maximum Gasteiger partial charge on any atom is 0.255 e. The van der Waals surface area contributed by atoms with Gasteiger partial charge in [-0.2, -0.15) is 0 Å².